The van der Waals surface area contributed by atoms with Crippen LogP contribution in [0.15, 0.2) is 59.6 Å². The van der Waals surface area contributed by atoms with E-state index in [1.165, 1.54) is 0 Å². The zero-order chi connectivity index (χ0) is 21.3. The molecule has 4 rings (SSSR count). The molecule has 0 unspecified atom stereocenters. The first-order valence-corrected chi connectivity index (χ1v) is 11.2. The minimum atomic E-state index is -3.70. The molecule has 0 amide bonds. The molecule has 0 fully saturated rings. The van der Waals surface area contributed by atoms with E-state index in [1.807, 2.05) is 57.2 Å². The number of rotatable bonds is 6. The van der Waals surface area contributed by atoms with Crippen molar-refractivity contribution in [3.05, 3.63) is 77.4 Å². The maximum absolute atomic E-state index is 13.0. The lowest BCUT2D eigenvalue weighted by molar-refractivity contribution is 0.582. The van der Waals surface area contributed by atoms with Crippen molar-refractivity contribution >= 4 is 20.9 Å². The number of aryl methyl sites for hydroxylation is 2. The number of pyridine rings is 2. The van der Waals surface area contributed by atoms with Gasteiger partial charge in [0.2, 0.25) is 10.0 Å². The van der Waals surface area contributed by atoms with Crippen molar-refractivity contribution < 1.29 is 8.42 Å². The number of hydrogen-bond donors (Lipinski definition) is 1. The van der Waals surface area contributed by atoms with Crippen molar-refractivity contribution in [1.82, 2.24) is 24.5 Å². The van der Waals surface area contributed by atoms with Crippen LogP contribution in [0.1, 0.15) is 22.6 Å². The van der Waals surface area contributed by atoms with Crippen LogP contribution in [0.4, 0.5) is 0 Å². The van der Waals surface area contributed by atoms with Gasteiger partial charge in [0, 0.05) is 29.5 Å². The van der Waals surface area contributed by atoms with E-state index < -0.39 is 10.0 Å². The summed E-state index contributed by atoms with van der Waals surface area (Å²) in [6, 6.07) is 14.6. The highest BCUT2D eigenvalue weighted by molar-refractivity contribution is 7.89. The molecule has 8 heteroatoms. The summed E-state index contributed by atoms with van der Waals surface area (Å²) in [6.45, 7) is 6.00. The largest absolute Gasteiger partial charge is 0.252 e. The maximum Gasteiger partial charge on any atom is 0.242 e. The number of fused-ring (bicyclic) bond motifs is 1. The molecule has 7 nitrogen and oxygen atoms in total. The Morgan fingerprint density at radius 1 is 1.00 bits per heavy atom. The molecule has 0 aliphatic heterocycles. The lowest BCUT2D eigenvalue weighted by Crippen LogP contribution is -2.26. The van der Waals surface area contributed by atoms with Crippen LogP contribution in [-0.4, -0.2) is 34.7 Å². The molecular formula is C22H23N5O2S. The zero-order valence-corrected chi connectivity index (χ0v) is 17.9. The van der Waals surface area contributed by atoms with Crippen molar-refractivity contribution in [2.24, 2.45) is 0 Å². The van der Waals surface area contributed by atoms with Gasteiger partial charge in [0.05, 0.1) is 11.2 Å². The number of nitrogens with zero attached hydrogens (tertiary/aromatic N) is 4. The van der Waals surface area contributed by atoms with Gasteiger partial charge in [-0.3, -0.25) is 4.98 Å². The van der Waals surface area contributed by atoms with Crippen molar-refractivity contribution in [3.63, 3.8) is 0 Å². The minimum Gasteiger partial charge on any atom is -0.252 e. The van der Waals surface area contributed by atoms with Crippen LogP contribution < -0.4 is 4.72 Å². The number of sulfonamides is 1. The van der Waals surface area contributed by atoms with E-state index in [2.05, 4.69) is 19.8 Å². The molecule has 1 N–H and O–H groups in total. The molecule has 0 atom stereocenters. The minimum absolute atomic E-state index is 0.196. The van der Waals surface area contributed by atoms with Gasteiger partial charge in [-0.05, 0) is 57.0 Å². The average Bonchev–Trinajstić information content (AvgIpc) is 3.02. The highest BCUT2D eigenvalue weighted by Gasteiger charge is 2.19. The van der Waals surface area contributed by atoms with Crippen molar-refractivity contribution in [2.75, 3.05) is 6.54 Å². The number of benzene rings is 1. The van der Waals surface area contributed by atoms with E-state index in [0.29, 0.717) is 11.9 Å². The summed E-state index contributed by atoms with van der Waals surface area (Å²) in [5, 5.41) is 5.37. The van der Waals surface area contributed by atoms with E-state index in [0.717, 1.165) is 33.8 Å². The fourth-order valence-electron chi connectivity index (χ4n) is 3.56. The van der Waals surface area contributed by atoms with Crippen LogP contribution in [0.25, 0.3) is 16.7 Å². The fourth-order valence-corrected chi connectivity index (χ4v) is 4.76. The monoisotopic (exact) mass is 421 g/mol. The summed E-state index contributed by atoms with van der Waals surface area (Å²) in [7, 11) is -3.70. The van der Waals surface area contributed by atoms with Crippen LogP contribution in [0, 0.1) is 20.8 Å². The van der Waals surface area contributed by atoms with E-state index in [-0.39, 0.29) is 11.4 Å². The van der Waals surface area contributed by atoms with Crippen LogP contribution in [0.3, 0.4) is 0 Å². The Labute approximate surface area is 175 Å². The first kappa shape index (κ1) is 20.2. The standard InChI is InChI=1S/C22H23N5O2S/c1-15-10-11-18-7-6-8-20(22(18)25-15)30(28,29)24-14-12-19-16(2)26-27(17(19)3)21-9-4-5-13-23-21/h4-11,13,24H,12,14H2,1-3H3. The van der Waals surface area contributed by atoms with Gasteiger partial charge < -0.3 is 0 Å². The number of hydrogen-bond acceptors (Lipinski definition) is 5. The lowest BCUT2D eigenvalue weighted by Gasteiger charge is -2.10. The second kappa shape index (κ2) is 7.97. The second-order valence-corrected chi connectivity index (χ2v) is 8.91. The Morgan fingerprint density at radius 3 is 2.60 bits per heavy atom. The molecule has 0 aliphatic rings. The van der Waals surface area contributed by atoms with Gasteiger partial charge in [-0.1, -0.05) is 24.3 Å². The number of nitrogens with one attached hydrogen (secondary N) is 1. The lowest BCUT2D eigenvalue weighted by atomic mass is 10.1. The molecule has 0 spiro atoms. The highest BCUT2D eigenvalue weighted by atomic mass is 32.2. The first-order chi connectivity index (χ1) is 14.4. The van der Waals surface area contributed by atoms with Crippen molar-refractivity contribution in [1.29, 1.82) is 0 Å². The van der Waals surface area contributed by atoms with Gasteiger partial charge in [-0.15, -0.1) is 0 Å². The summed E-state index contributed by atoms with van der Waals surface area (Å²) in [5.74, 6) is 0.738. The Morgan fingerprint density at radius 2 is 1.83 bits per heavy atom. The first-order valence-electron chi connectivity index (χ1n) is 9.69. The van der Waals surface area contributed by atoms with Crippen LogP contribution in [-0.2, 0) is 16.4 Å². The molecule has 0 saturated heterocycles. The van der Waals surface area contributed by atoms with Crippen LogP contribution >= 0.6 is 0 Å². The average molecular weight is 422 g/mol. The summed E-state index contributed by atoms with van der Waals surface area (Å²) in [5.41, 5.74) is 4.08. The molecule has 154 valence electrons. The second-order valence-electron chi connectivity index (χ2n) is 7.18. The van der Waals surface area contributed by atoms with E-state index >= 15 is 0 Å². The molecule has 1 aromatic carbocycles. The van der Waals surface area contributed by atoms with E-state index in [9.17, 15) is 8.42 Å². The Balaban J connectivity index is 1.55. The summed E-state index contributed by atoms with van der Waals surface area (Å²) < 4.78 is 30.4. The summed E-state index contributed by atoms with van der Waals surface area (Å²) in [6.07, 6.45) is 2.25. The molecule has 0 bridgehead atoms. The van der Waals surface area contributed by atoms with Gasteiger partial charge in [0.25, 0.3) is 0 Å². The van der Waals surface area contributed by atoms with Gasteiger partial charge in [0.15, 0.2) is 5.82 Å². The number of aromatic nitrogens is 4. The topological polar surface area (TPSA) is 89.8 Å². The maximum atomic E-state index is 13.0. The quantitative estimate of drug-likeness (QED) is 0.516. The summed E-state index contributed by atoms with van der Waals surface area (Å²) in [4.78, 5) is 8.97. The van der Waals surface area contributed by atoms with Crippen molar-refractivity contribution in [3.8, 4) is 5.82 Å². The zero-order valence-electron chi connectivity index (χ0n) is 17.1. The third-order valence-corrected chi connectivity index (χ3v) is 6.58. The summed E-state index contributed by atoms with van der Waals surface area (Å²) >= 11 is 0. The molecule has 30 heavy (non-hydrogen) atoms. The molecule has 3 heterocycles. The Kier molecular flexibility index (Phi) is 5.36. The third-order valence-electron chi connectivity index (χ3n) is 5.09. The van der Waals surface area contributed by atoms with Crippen LogP contribution in [0.5, 0.6) is 0 Å². The molecule has 4 aromatic rings. The predicted molar refractivity (Wildman–Crippen MR) is 116 cm³/mol. The predicted octanol–water partition coefficient (Wildman–Crippen LogP) is 3.26. The van der Waals surface area contributed by atoms with Gasteiger partial charge in [-0.2, -0.15) is 5.10 Å². The van der Waals surface area contributed by atoms with E-state index in [4.69, 9.17) is 0 Å². The van der Waals surface area contributed by atoms with Crippen molar-refractivity contribution in [2.45, 2.75) is 32.1 Å². The molecule has 0 saturated carbocycles. The molecule has 0 aliphatic carbocycles. The SMILES string of the molecule is Cc1ccc2cccc(S(=O)(=O)NCCc3c(C)nn(-c4ccccn4)c3C)c2n1. The smallest absolute Gasteiger partial charge is 0.242 e. The molecule has 3 aromatic heterocycles. The Hall–Kier alpha value is -3.10. The number of para-hydroxylation sites is 1. The van der Waals surface area contributed by atoms with Gasteiger partial charge in [-0.25, -0.2) is 22.8 Å². The third kappa shape index (κ3) is 3.83. The highest BCUT2D eigenvalue weighted by Crippen LogP contribution is 2.22. The van der Waals surface area contributed by atoms with E-state index in [1.54, 1.807) is 23.0 Å². The normalized spacial score (nSPS) is 11.8. The van der Waals surface area contributed by atoms with Gasteiger partial charge >= 0.3 is 0 Å². The van der Waals surface area contributed by atoms with Gasteiger partial charge in [0.1, 0.15) is 4.90 Å². The fraction of sp³-hybridized carbons (Fsp3) is 0.227. The molecule has 0 radical (unpaired) electrons. The molecular weight excluding hydrogens is 398 g/mol. The van der Waals surface area contributed by atoms with Crippen LogP contribution in [0.2, 0.25) is 0 Å². The Bertz CT molecular complexity index is 1310.